The molecule has 0 bridgehead atoms. The predicted molar refractivity (Wildman–Crippen MR) is 61.1 cm³/mol. The van der Waals surface area contributed by atoms with Gasteiger partial charge in [0.05, 0.1) is 11.2 Å². The summed E-state index contributed by atoms with van der Waals surface area (Å²) in [6.07, 6.45) is 2.23. The Morgan fingerprint density at radius 2 is 1.93 bits per heavy atom. The zero-order chi connectivity index (χ0) is 10.7. The van der Waals surface area contributed by atoms with Gasteiger partial charge in [-0.2, -0.15) is 0 Å². The Balaban J connectivity index is 2.07. The molecule has 0 aromatic heterocycles. The first-order chi connectivity index (χ1) is 7.00. The standard InChI is InChI=1S/C14H18O/c1-13(2)9-12-11-7-5-4-6-10(11)8-14(12,3)15-13/h4-7,12H,8-9H2,1-3H3/t12-,14+/m1/s1. The van der Waals surface area contributed by atoms with E-state index in [0.717, 1.165) is 12.8 Å². The number of ether oxygens (including phenoxy) is 1. The van der Waals surface area contributed by atoms with Crippen LogP contribution in [0.3, 0.4) is 0 Å². The van der Waals surface area contributed by atoms with Crippen molar-refractivity contribution in [3.8, 4) is 0 Å². The van der Waals surface area contributed by atoms with Gasteiger partial charge in [0.15, 0.2) is 0 Å². The molecule has 1 aromatic rings. The molecular weight excluding hydrogens is 184 g/mol. The number of hydrogen-bond donors (Lipinski definition) is 0. The largest absolute Gasteiger partial charge is 0.368 e. The van der Waals surface area contributed by atoms with Crippen molar-refractivity contribution in [3.63, 3.8) is 0 Å². The zero-order valence-corrected chi connectivity index (χ0v) is 9.71. The van der Waals surface area contributed by atoms with Crippen molar-refractivity contribution in [1.29, 1.82) is 0 Å². The average Bonchev–Trinajstić information content (AvgIpc) is 2.50. The van der Waals surface area contributed by atoms with Gasteiger partial charge in [0.2, 0.25) is 0 Å². The van der Waals surface area contributed by atoms with Gasteiger partial charge >= 0.3 is 0 Å². The number of rotatable bonds is 0. The first-order valence-electron chi connectivity index (χ1n) is 5.78. The van der Waals surface area contributed by atoms with E-state index < -0.39 is 0 Å². The first kappa shape index (κ1) is 9.41. The van der Waals surface area contributed by atoms with E-state index in [9.17, 15) is 0 Å². The molecule has 2 aliphatic rings. The molecule has 3 rings (SSSR count). The number of benzene rings is 1. The lowest BCUT2D eigenvalue weighted by molar-refractivity contribution is -0.0745. The third-order valence-corrected chi connectivity index (χ3v) is 3.91. The first-order valence-corrected chi connectivity index (χ1v) is 5.78. The summed E-state index contributed by atoms with van der Waals surface area (Å²) >= 11 is 0. The fourth-order valence-corrected chi connectivity index (χ4v) is 3.46. The van der Waals surface area contributed by atoms with Crippen molar-refractivity contribution in [2.45, 2.75) is 50.7 Å². The van der Waals surface area contributed by atoms with E-state index in [2.05, 4.69) is 45.0 Å². The number of hydrogen-bond acceptors (Lipinski definition) is 1. The van der Waals surface area contributed by atoms with E-state index in [4.69, 9.17) is 4.74 Å². The van der Waals surface area contributed by atoms with E-state index in [-0.39, 0.29) is 11.2 Å². The van der Waals surface area contributed by atoms with Crippen LogP contribution < -0.4 is 0 Å². The summed E-state index contributed by atoms with van der Waals surface area (Å²) in [7, 11) is 0. The van der Waals surface area contributed by atoms with Crippen molar-refractivity contribution < 1.29 is 4.74 Å². The number of fused-ring (bicyclic) bond motifs is 3. The van der Waals surface area contributed by atoms with Crippen LogP contribution in [0.1, 0.15) is 44.2 Å². The van der Waals surface area contributed by atoms with Crippen LogP contribution in [-0.4, -0.2) is 11.2 Å². The second-order valence-electron chi connectivity index (χ2n) is 5.81. The highest BCUT2D eigenvalue weighted by molar-refractivity contribution is 5.41. The molecule has 0 unspecified atom stereocenters. The third-order valence-electron chi connectivity index (χ3n) is 3.91. The van der Waals surface area contributed by atoms with Gasteiger partial charge in [0.1, 0.15) is 0 Å². The van der Waals surface area contributed by atoms with Crippen LogP contribution in [0.15, 0.2) is 24.3 Å². The van der Waals surface area contributed by atoms with Gasteiger partial charge < -0.3 is 4.74 Å². The summed E-state index contributed by atoms with van der Waals surface area (Å²) in [6.45, 7) is 6.69. The maximum absolute atomic E-state index is 6.24. The summed E-state index contributed by atoms with van der Waals surface area (Å²) in [4.78, 5) is 0. The monoisotopic (exact) mass is 202 g/mol. The molecular formula is C14H18O. The lowest BCUT2D eigenvalue weighted by Crippen LogP contribution is -2.30. The van der Waals surface area contributed by atoms with E-state index in [1.165, 1.54) is 11.1 Å². The highest BCUT2D eigenvalue weighted by atomic mass is 16.5. The minimum atomic E-state index is 0.0486. The summed E-state index contributed by atoms with van der Waals surface area (Å²) in [5, 5.41) is 0. The molecule has 1 fully saturated rings. The van der Waals surface area contributed by atoms with E-state index >= 15 is 0 Å². The predicted octanol–water partition coefficient (Wildman–Crippen LogP) is 3.28. The van der Waals surface area contributed by atoms with E-state index in [1.54, 1.807) is 0 Å². The van der Waals surface area contributed by atoms with Crippen LogP contribution in [-0.2, 0) is 11.2 Å². The summed E-state index contributed by atoms with van der Waals surface area (Å²) in [5.41, 5.74) is 3.10. The maximum atomic E-state index is 6.24. The van der Waals surface area contributed by atoms with Gasteiger partial charge in [-0.05, 0) is 38.3 Å². The maximum Gasteiger partial charge on any atom is 0.0771 e. The van der Waals surface area contributed by atoms with Crippen LogP contribution in [0.25, 0.3) is 0 Å². The topological polar surface area (TPSA) is 9.23 Å². The van der Waals surface area contributed by atoms with Crippen molar-refractivity contribution in [3.05, 3.63) is 35.4 Å². The van der Waals surface area contributed by atoms with Crippen LogP contribution in [0.5, 0.6) is 0 Å². The minimum Gasteiger partial charge on any atom is -0.368 e. The summed E-state index contributed by atoms with van der Waals surface area (Å²) in [5.74, 6) is 0.601. The molecule has 15 heavy (non-hydrogen) atoms. The molecule has 2 atom stereocenters. The van der Waals surface area contributed by atoms with E-state index in [1.807, 2.05) is 0 Å². The Morgan fingerprint density at radius 3 is 2.73 bits per heavy atom. The Morgan fingerprint density at radius 1 is 1.20 bits per heavy atom. The molecule has 0 spiro atoms. The van der Waals surface area contributed by atoms with Gasteiger partial charge in [-0.1, -0.05) is 24.3 Å². The molecule has 1 aliphatic carbocycles. The molecule has 1 heteroatoms. The molecule has 1 heterocycles. The van der Waals surface area contributed by atoms with Gasteiger partial charge in [0.25, 0.3) is 0 Å². The normalized spacial score (nSPS) is 36.3. The molecule has 1 aliphatic heterocycles. The second kappa shape index (κ2) is 2.65. The lowest BCUT2D eigenvalue weighted by Gasteiger charge is -2.26. The van der Waals surface area contributed by atoms with Gasteiger partial charge in [-0.15, -0.1) is 0 Å². The Kier molecular flexibility index (Phi) is 1.66. The average molecular weight is 202 g/mol. The molecule has 0 radical (unpaired) electrons. The quantitative estimate of drug-likeness (QED) is 0.627. The van der Waals surface area contributed by atoms with Crippen LogP contribution in [0.4, 0.5) is 0 Å². The molecule has 0 N–H and O–H groups in total. The fraction of sp³-hybridized carbons (Fsp3) is 0.571. The summed E-state index contributed by atoms with van der Waals surface area (Å²) in [6, 6.07) is 8.80. The highest BCUT2D eigenvalue weighted by Crippen LogP contribution is 2.54. The fourth-order valence-electron chi connectivity index (χ4n) is 3.46. The van der Waals surface area contributed by atoms with Crippen molar-refractivity contribution in [1.82, 2.24) is 0 Å². The van der Waals surface area contributed by atoms with Crippen LogP contribution in [0.2, 0.25) is 0 Å². The highest BCUT2D eigenvalue weighted by Gasteiger charge is 2.53. The molecule has 80 valence electrons. The smallest absolute Gasteiger partial charge is 0.0771 e. The third kappa shape index (κ3) is 1.26. The summed E-state index contributed by atoms with van der Waals surface area (Å²) < 4.78 is 6.24. The Bertz CT molecular complexity index is 408. The van der Waals surface area contributed by atoms with Gasteiger partial charge in [-0.25, -0.2) is 0 Å². The Labute approximate surface area is 91.5 Å². The van der Waals surface area contributed by atoms with E-state index in [0.29, 0.717) is 5.92 Å². The molecule has 1 aromatic carbocycles. The Hall–Kier alpha value is -0.820. The SMILES string of the molecule is CC1(C)C[C@@H]2c3ccccc3C[C@]2(C)O1. The lowest BCUT2D eigenvalue weighted by atomic mass is 9.86. The second-order valence-corrected chi connectivity index (χ2v) is 5.81. The molecule has 0 saturated carbocycles. The van der Waals surface area contributed by atoms with Gasteiger partial charge in [0, 0.05) is 12.3 Å². The van der Waals surface area contributed by atoms with Crippen molar-refractivity contribution in [2.24, 2.45) is 0 Å². The van der Waals surface area contributed by atoms with Gasteiger partial charge in [-0.3, -0.25) is 0 Å². The van der Waals surface area contributed by atoms with Crippen molar-refractivity contribution in [2.75, 3.05) is 0 Å². The van der Waals surface area contributed by atoms with Crippen molar-refractivity contribution >= 4 is 0 Å². The zero-order valence-electron chi connectivity index (χ0n) is 9.71. The van der Waals surface area contributed by atoms with Crippen LogP contribution >= 0.6 is 0 Å². The molecule has 0 amide bonds. The molecule has 1 saturated heterocycles. The minimum absolute atomic E-state index is 0.0486. The van der Waals surface area contributed by atoms with Crippen LogP contribution in [0, 0.1) is 0 Å². The molecule has 1 nitrogen and oxygen atoms in total.